The van der Waals surface area contributed by atoms with Crippen LogP contribution < -0.4 is 4.80 Å². The van der Waals surface area contributed by atoms with Gasteiger partial charge in [0.2, 0.25) is 10.0 Å². The number of benzene rings is 2. The number of aromatic nitrogens is 1. The van der Waals surface area contributed by atoms with Gasteiger partial charge in [-0.05, 0) is 49.2 Å². The molecule has 10 heteroatoms. The third-order valence-electron chi connectivity index (χ3n) is 4.85. The lowest BCUT2D eigenvalue weighted by Gasteiger charge is -2.15. The molecule has 1 saturated heterocycles. The normalized spacial score (nSPS) is 16.0. The third kappa shape index (κ3) is 3.75. The average molecular weight is 470 g/mol. The molecule has 152 valence electrons. The highest BCUT2D eigenvalue weighted by atomic mass is 35.5. The molecule has 0 bridgehead atoms. The molecule has 0 aliphatic carbocycles. The fourth-order valence-electron chi connectivity index (χ4n) is 3.28. The molecule has 3 aromatic rings. The number of carbonyl (C=O) groups excluding carboxylic acids is 1. The summed E-state index contributed by atoms with van der Waals surface area (Å²) >= 11 is 13.8. The maximum absolute atomic E-state index is 12.6. The Morgan fingerprint density at radius 3 is 2.28 bits per heavy atom. The largest absolute Gasteiger partial charge is 0.318 e. The van der Waals surface area contributed by atoms with Crippen molar-refractivity contribution in [1.29, 1.82) is 0 Å². The van der Waals surface area contributed by atoms with Crippen molar-refractivity contribution in [1.82, 2.24) is 8.87 Å². The number of thiazole rings is 1. The van der Waals surface area contributed by atoms with Crippen molar-refractivity contribution in [2.45, 2.75) is 17.7 Å². The van der Waals surface area contributed by atoms with Crippen LogP contribution in [0.3, 0.4) is 0 Å². The zero-order chi connectivity index (χ0) is 20.8. The second-order valence-electron chi connectivity index (χ2n) is 6.70. The molecular formula is C19H17Cl2N3O3S2. The molecule has 0 spiro atoms. The highest BCUT2D eigenvalue weighted by molar-refractivity contribution is 7.89. The van der Waals surface area contributed by atoms with Gasteiger partial charge in [0, 0.05) is 25.7 Å². The van der Waals surface area contributed by atoms with E-state index in [1.54, 1.807) is 23.7 Å². The average Bonchev–Trinajstić information content (AvgIpc) is 3.35. The molecule has 1 aliphatic rings. The quantitative estimate of drug-likeness (QED) is 0.580. The van der Waals surface area contributed by atoms with E-state index < -0.39 is 15.9 Å². The van der Waals surface area contributed by atoms with Gasteiger partial charge >= 0.3 is 0 Å². The van der Waals surface area contributed by atoms with Crippen molar-refractivity contribution in [3.05, 3.63) is 56.8 Å². The van der Waals surface area contributed by atoms with Crippen LogP contribution in [0.2, 0.25) is 10.0 Å². The Kier molecular flexibility index (Phi) is 5.56. The molecule has 1 amide bonds. The maximum atomic E-state index is 12.6. The molecule has 6 nitrogen and oxygen atoms in total. The molecule has 1 aromatic heterocycles. The first-order chi connectivity index (χ1) is 13.8. The number of sulfonamides is 1. The summed E-state index contributed by atoms with van der Waals surface area (Å²) in [5, 5.41) is 1.06. The number of nitrogens with zero attached hydrogens (tertiary/aromatic N) is 3. The Morgan fingerprint density at radius 2 is 1.66 bits per heavy atom. The Morgan fingerprint density at radius 1 is 1.03 bits per heavy atom. The summed E-state index contributed by atoms with van der Waals surface area (Å²) in [4.78, 5) is 17.4. The Hall–Kier alpha value is -1.71. The summed E-state index contributed by atoms with van der Waals surface area (Å²) in [6.45, 7) is 1.07. The van der Waals surface area contributed by atoms with Gasteiger partial charge in [-0.3, -0.25) is 4.79 Å². The zero-order valence-corrected chi connectivity index (χ0v) is 18.6. The van der Waals surface area contributed by atoms with Crippen LogP contribution in [0.1, 0.15) is 23.2 Å². The molecule has 0 radical (unpaired) electrons. The lowest BCUT2D eigenvalue weighted by atomic mass is 10.2. The Labute approximate surface area is 182 Å². The van der Waals surface area contributed by atoms with Crippen molar-refractivity contribution in [2.75, 3.05) is 13.1 Å². The third-order valence-corrected chi connectivity index (χ3v) is 8.66. The zero-order valence-electron chi connectivity index (χ0n) is 15.4. The Balaban J connectivity index is 1.67. The van der Waals surface area contributed by atoms with Gasteiger partial charge in [0.1, 0.15) is 0 Å². The maximum Gasteiger partial charge on any atom is 0.279 e. The van der Waals surface area contributed by atoms with E-state index in [1.165, 1.54) is 39.9 Å². The van der Waals surface area contributed by atoms with Crippen LogP contribution in [0.15, 0.2) is 46.3 Å². The second kappa shape index (κ2) is 7.85. The van der Waals surface area contributed by atoms with Gasteiger partial charge in [0.15, 0.2) is 4.80 Å². The van der Waals surface area contributed by atoms with E-state index in [1.807, 2.05) is 0 Å². The smallest absolute Gasteiger partial charge is 0.279 e. The first kappa shape index (κ1) is 20.6. The van der Waals surface area contributed by atoms with E-state index in [-0.39, 0.29) is 4.90 Å². The van der Waals surface area contributed by atoms with E-state index in [4.69, 9.17) is 23.2 Å². The summed E-state index contributed by atoms with van der Waals surface area (Å²) in [7, 11) is -1.75. The minimum Gasteiger partial charge on any atom is -0.318 e. The minimum absolute atomic E-state index is 0.182. The molecule has 0 unspecified atom stereocenters. The molecule has 2 heterocycles. The van der Waals surface area contributed by atoms with Crippen LogP contribution in [0, 0.1) is 0 Å². The van der Waals surface area contributed by atoms with Crippen LogP contribution in [0.25, 0.3) is 10.2 Å². The van der Waals surface area contributed by atoms with Crippen molar-refractivity contribution in [3.63, 3.8) is 0 Å². The highest BCUT2D eigenvalue weighted by Crippen LogP contribution is 2.31. The minimum atomic E-state index is -3.51. The lowest BCUT2D eigenvalue weighted by molar-refractivity contribution is 0.0998. The van der Waals surface area contributed by atoms with Gasteiger partial charge in [-0.1, -0.05) is 34.5 Å². The number of halogens is 2. The molecular weight excluding hydrogens is 453 g/mol. The predicted molar refractivity (Wildman–Crippen MR) is 115 cm³/mol. The molecule has 0 saturated carbocycles. The topological polar surface area (TPSA) is 71.7 Å². The second-order valence-corrected chi connectivity index (χ2v) is 10.4. The first-order valence-electron chi connectivity index (χ1n) is 8.92. The molecule has 1 fully saturated rings. The number of fused-ring (bicyclic) bond motifs is 1. The van der Waals surface area contributed by atoms with E-state index in [9.17, 15) is 13.2 Å². The molecule has 4 rings (SSSR count). The number of hydrogen-bond donors (Lipinski definition) is 0. The van der Waals surface area contributed by atoms with Gasteiger partial charge in [-0.25, -0.2) is 8.42 Å². The summed E-state index contributed by atoms with van der Waals surface area (Å²) in [5.74, 6) is -0.468. The molecule has 0 N–H and O–H groups in total. The van der Waals surface area contributed by atoms with Crippen LogP contribution in [-0.2, 0) is 17.1 Å². The summed E-state index contributed by atoms with van der Waals surface area (Å²) in [6.07, 6.45) is 1.74. The highest BCUT2D eigenvalue weighted by Gasteiger charge is 2.27. The summed E-state index contributed by atoms with van der Waals surface area (Å²) in [5.41, 5.74) is 1.02. The van der Waals surface area contributed by atoms with Crippen LogP contribution in [-0.4, -0.2) is 36.3 Å². The van der Waals surface area contributed by atoms with Crippen LogP contribution in [0.4, 0.5) is 0 Å². The number of amides is 1. The van der Waals surface area contributed by atoms with Crippen molar-refractivity contribution in [2.24, 2.45) is 12.0 Å². The Bertz CT molecular complexity index is 1270. The standard InChI is InChI=1S/C19H17Cl2N3O3S2/c1-23-16-14(20)8-9-15(21)17(16)28-19(23)22-18(25)12-4-6-13(7-5-12)29(26,27)24-10-2-3-11-24/h4-9H,2-3,10-11H2,1H3. The fourth-order valence-corrected chi connectivity index (χ4v) is 6.46. The summed E-state index contributed by atoms with van der Waals surface area (Å²) < 4.78 is 29.2. The van der Waals surface area contributed by atoms with E-state index in [0.29, 0.717) is 39.0 Å². The van der Waals surface area contributed by atoms with Gasteiger partial charge in [0.25, 0.3) is 5.91 Å². The van der Waals surface area contributed by atoms with Crippen molar-refractivity contribution in [3.8, 4) is 0 Å². The lowest BCUT2D eigenvalue weighted by Crippen LogP contribution is -2.27. The van der Waals surface area contributed by atoms with Gasteiger partial charge in [-0.15, -0.1) is 0 Å². The van der Waals surface area contributed by atoms with E-state index in [2.05, 4.69) is 4.99 Å². The SMILES string of the molecule is Cn1c(=NC(=O)c2ccc(S(=O)(=O)N3CCCC3)cc2)sc2c(Cl)ccc(Cl)c21. The number of aryl methyl sites for hydroxylation is 1. The van der Waals surface area contributed by atoms with E-state index >= 15 is 0 Å². The van der Waals surface area contributed by atoms with Crippen molar-refractivity contribution < 1.29 is 13.2 Å². The van der Waals surface area contributed by atoms with Crippen molar-refractivity contribution >= 4 is 60.7 Å². The van der Waals surface area contributed by atoms with E-state index in [0.717, 1.165) is 17.5 Å². The number of carbonyl (C=O) groups is 1. The molecule has 29 heavy (non-hydrogen) atoms. The fraction of sp³-hybridized carbons (Fsp3) is 0.263. The van der Waals surface area contributed by atoms with Gasteiger partial charge < -0.3 is 4.57 Å². The van der Waals surface area contributed by atoms with Crippen LogP contribution >= 0.6 is 34.5 Å². The summed E-state index contributed by atoms with van der Waals surface area (Å²) in [6, 6.07) is 9.28. The number of rotatable bonds is 3. The first-order valence-corrected chi connectivity index (χ1v) is 11.9. The number of hydrogen-bond acceptors (Lipinski definition) is 4. The molecule has 0 atom stereocenters. The van der Waals surface area contributed by atoms with Gasteiger partial charge in [-0.2, -0.15) is 9.30 Å². The monoisotopic (exact) mass is 469 g/mol. The molecule has 2 aromatic carbocycles. The molecule has 1 aliphatic heterocycles. The predicted octanol–water partition coefficient (Wildman–Crippen LogP) is 4.07. The van der Waals surface area contributed by atoms with Crippen LogP contribution in [0.5, 0.6) is 0 Å². The van der Waals surface area contributed by atoms with Gasteiger partial charge in [0.05, 0.1) is 25.2 Å².